The Morgan fingerprint density at radius 2 is 1.83 bits per heavy atom. The number of fused-ring (bicyclic) bond motifs is 2. The predicted molar refractivity (Wildman–Crippen MR) is 82.8 cm³/mol. The number of ether oxygens (including phenoxy) is 4. The molecule has 4 fully saturated rings. The highest BCUT2D eigenvalue weighted by atomic mass is 16.8. The molecule has 7 heteroatoms. The van der Waals surface area contributed by atoms with Crippen molar-refractivity contribution in [2.45, 2.75) is 75.5 Å². The van der Waals surface area contributed by atoms with Gasteiger partial charge < -0.3 is 18.9 Å². The van der Waals surface area contributed by atoms with Gasteiger partial charge in [-0.15, -0.1) is 0 Å². The second-order valence-corrected chi connectivity index (χ2v) is 7.25. The number of hydroxylamine groups is 2. The van der Waals surface area contributed by atoms with Gasteiger partial charge in [0.25, 0.3) is 0 Å². The molecular formula is C17H27NO6. The Kier molecular flexibility index (Phi) is 4.12. The minimum Gasteiger partial charge on any atom is -0.465 e. The molecule has 2 spiro atoms. The van der Waals surface area contributed by atoms with Crippen LogP contribution in [0.5, 0.6) is 0 Å². The number of hydrogen-bond acceptors (Lipinski definition) is 7. The van der Waals surface area contributed by atoms with Gasteiger partial charge in [0.05, 0.1) is 25.4 Å². The molecule has 1 aliphatic carbocycles. The van der Waals surface area contributed by atoms with Crippen LogP contribution in [0, 0.1) is 0 Å². The molecule has 0 aromatic heterocycles. The molecule has 3 heterocycles. The lowest BCUT2D eigenvalue weighted by Crippen LogP contribution is -2.75. The van der Waals surface area contributed by atoms with Crippen molar-refractivity contribution in [3.63, 3.8) is 0 Å². The topological polar surface area (TPSA) is 66.5 Å². The molecule has 3 aliphatic heterocycles. The molecule has 0 N–H and O–H groups in total. The van der Waals surface area contributed by atoms with Gasteiger partial charge in [-0.25, -0.2) is 4.79 Å². The minimum absolute atomic E-state index is 0.126. The predicted octanol–water partition coefficient (Wildman–Crippen LogP) is 1.75. The van der Waals surface area contributed by atoms with Crippen molar-refractivity contribution in [1.82, 2.24) is 5.06 Å². The van der Waals surface area contributed by atoms with Crippen LogP contribution in [0.2, 0.25) is 0 Å². The fourth-order valence-corrected chi connectivity index (χ4v) is 4.89. The lowest BCUT2D eigenvalue weighted by atomic mass is 9.62. The molecule has 24 heavy (non-hydrogen) atoms. The smallest absolute Gasteiger partial charge is 0.329 e. The van der Waals surface area contributed by atoms with Crippen molar-refractivity contribution in [3.8, 4) is 0 Å². The number of nitrogens with zero attached hydrogens (tertiary/aromatic N) is 1. The molecule has 4 rings (SSSR count). The molecule has 4 aliphatic rings. The van der Waals surface area contributed by atoms with Crippen molar-refractivity contribution in [3.05, 3.63) is 0 Å². The zero-order valence-corrected chi connectivity index (χ0v) is 14.5. The molecule has 0 bridgehead atoms. The fourth-order valence-electron chi connectivity index (χ4n) is 4.89. The van der Waals surface area contributed by atoms with Crippen LogP contribution < -0.4 is 0 Å². The molecular weight excluding hydrogens is 314 g/mol. The van der Waals surface area contributed by atoms with Crippen molar-refractivity contribution >= 4 is 5.97 Å². The van der Waals surface area contributed by atoms with E-state index in [9.17, 15) is 4.79 Å². The van der Waals surface area contributed by atoms with E-state index in [4.69, 9.17) is 23.8 Å². The average Bonchev–Trinajstić information content (AvgIpc) is 3.14. The van der Waals surface area contributed by atoms with Gasteiger partial charge in [0.15, 0.2) is 17.6 Å². The SMILES string of the molecule is CCOC(=O)C12CC(OCC)ON1C1(CCC3(CC1)OCCO3)C2. The highest BCUT2D eigenvalue weighted by Gasteiger charge is 2.72. The summed E-state index contributed by atoms with van der Waals surface area (Å²) < 4.78 is 22.6. The monoisotopic (exact) mass is 341 g/mol. The maximum atomic E-state index is 12.6. The first-order valence-electron chi connectivity index (χ1n) is 9.12. The number of hydrogen-bond donors (Lipinski definition) is 0. The van der Waals surface area contributed by atoms with E-state index < -0.39 is 11.3 Å². The fraction of sp³-hybridized carbons (Fsp3) is 0.941. The van der Waals surface area contributed by atoms with Gasteiger partial charge in [-0.05, 0) is 33.1 Å². The summed E-state index contributed by atoms with van der Waals surface area (Å²) in [6.45, 7) is 6.06. The van der Waals surface area contributed by atoms with Gasteiger partial charge in [0.2, 0.25) is 0 Å². The molecule has 3 saturated heterocycles. The average molecular weight is 341 g/mol. The largest absolute Gasteiger partial charge is 0.465 e. The van der Waals surface area contributed by atoms with Crippen LogP contribution in [0.1, 0.15) is 52.4 Å². The standard InChI is InChI=1S/C17H27NO6/c1-3-20-13-11-16(14(19)21-4-2)12-15(18(16)24-13)5-7-17(8-6-15)22-9-10-23-17/h13H,3-12H2,1-2H3. The molecule has 1 saturated carbocycles. The first kappa shape index (κ1) is 16.7. The van der Waals surface area contributed by atoms with Crippen LogP contribution in [0.4, 0.5) is 0 Å². The molecule has 0 aromatic carbocycles. The number of rotatable bonds is 4. The van der Waals surface area contributed by atoms with Gasteiger partial charge in [0.1, 0.15) is 0 Å². The highest BCUT2D eigenvalue weighted by molar-refractivity contribution is 5.83. The molecule has 136 valence electrons. The Bertz CT molecular complexity index is 495. The van der Waals surface area contributed by atoms with Gasteiger partial charge in [-0.2, -0.15) is 5.06 Å². The van der Waals surface area contributed by atoms with Crippen LogP contribution in [-0.4, -0.2) is 60.6 Å². The Morgan fingerprint density at radius 3 is 2.46 bits per heavy atom. The second kappa shape index (κ2) is 5.92. The summed E-state index contributed by atoms with van der Waals surface area (Å²) in [5.74, 6) is -0.599. The quantitative estimate of drug-likeness (QED) is 0.722. The van der Waals surface area contributed by atoms with Gasteiger partial charge in [-0.3, -0.25) is 4.84 Å². The molecule has 2 atom stereocenters. The molecule has 0 aromatic rings. The number of carbonyl (C=O) groups is 1. The summed E-state index contributed by atoms with van der Waals surface area (Å²) in [7, 11) is 0. The van der Waals surface area contributed by atoms with E-state index in [2.05, 4.69) is 0 Å². The van der Waals surface area contributed by atoms with E-state index in [1.54, 1.807) is 0 Å². The number of carbonyl (C=O) groups excluding carboxylic acids is 1. The van der Waals surface area contributed by atoms with E-state index in [-0.39, 0.29) is 17.8 Å². The lowest BCUT2D eigenvalue weighted by Gasteiger charge is -2.61. The first-order valence-corrected chi connectivity index (χ1v) is 9.12. The van der Waals surface area contributed by atoms with Crippen LogP contribution in [0.3, 0.4) is 0 Å². The second-order valence-electron chi connectivity index (χ2n) is 7.25. The summed E-state index contributed by atoms with van der Waals surface area (Å²) >= 11 is 0. The normalized spacial score (nSPS) is 36.7. The van der Waals surface area contributed by atoms with E-state index in [0.29, 0.717) is 32.8 Å². The first-order chi connectivity index (χ1) is 11.6. The Balaban J connectivity index is 1.50. The van der Waals surface area contributed by atoms with E-state index in [1.807, 2.05) is 18.9 Å². The van der Waals surface area contributed by atoms with Gasteiger partial charge in [0, 0.05) is 25.9 Å². The minimum atomic E-state index is -0.683. The lowest BCUT2D eigenvalue weighted by molar-refractivity contribution is -0.351. The van der Waals surface area contributed by atoms with Crippen molar-refractivity contribution in [2.24, 2.45) is 0 Å². The summed E-state index contributed by atoms with van der Waals surface area (Å²) in [5, 5.41) is 1.90. The maximum Gasteiger partial charge on any atom is 0.329 e. The van der Waals surface area contributed by atoms with Crippen LogP contribution in [-0.2, 0) is 28.6 Å². The van der Waals surface area contributed by atoms with E-state index >= 15 is 0 Å². The Hall–Kier alpha value is -0.730. The van der Waals surface area contributed by atoms with Gasteiger partial charge >= 0.3 is 5.97 Å². The number of esters is 1. The van der Waals surface area contributed by atoms with Crippen LogP contribution in [0.15, 0.2) is 0 Å². The third-order valence-electron chi connectivity index (χ3n) is 5.93. The summed E-state index contributed by atoms with van der Waals surface area (Å²) in [6.07, 6.45) is 4.41. The third kappa shape index (κ3) is 2.33. The third-order valence-corrected chi connectivity index (χ3v) is 5.93. The summed E-state index contributed by atoms with van der Waals surface area (Å²) in [4.78, 5) is 18.7. The Morgan fingerprint density at radius 1 is 1.12 bits per heavy atom. The van der Waals surface area contributed by atoms with Crippen LogP contribution in [0.25, 0.3) is 0 Å². The van der Waals surface area contributed by atoms with Crippen molar-refractivity contribution < 1.29 is 28.6 Å². The summed E-state index contributed by atoms with van der Waals surface area (Å²) in [5.41, 5.74) is -0.809. The van der Waals surface area contributed by atoms with E-state index in [0.717, 1.165) is 32.1 Å². The zero-order valence-electron chi connectivity index (χ0n) is 14.5. The molecule has 0 radical (unpaired) electrons. The highest BCUT2D eigenvalue weighted by Crippen LogP contribution is 2.60. The maximum absolute atomic E-state index is 12.6. The van der Waals surface area contributed by atoms with Gasteiger partial charge in [-0.1, -0.05) is 0 Å². The van der Waals surface area contributed by atoms with Crippen LogP contribution >= 0.6 is 0 Å². The Labute approximate surface area is 142 Å². The van der Waals surface area contributed by atoms with E-state index in [1.165, 1.54) is 0 Å². The molecule has 7 nitrogen and oxygen atoms in total. The van der Waals surface area contributed by atoms with Crippen molar-refractivity contribution in [1.29, 1.82) is 0 Å². The summed E-state index contributed by atoms with van der Waals surface area (Å²) in [6, 6.07) is 0. The van der Waals surface area contributed by atoms with Crippen molar-refractivity contribution in [2.75, 3.05) is 26.4 Å². The molecule has 0 amide bonds. The molecule has 2 unspecified atom stereocenters. The zero-order chi connectivity index (χ0) is 16.8.